The van der Waals surface area contributed by atoms with Crippen molar-refractivity contribution in [1.82, 2.24) is 5.32 Å². The van der Waals surface area contributed by atoms with Crippen LogP contribution >= 0.6 is 11.6 Å². The van der Waals surface area contributed by atoms with E-state index in [4.69, 9.17) is 16.3 Å². The summed E-state index contributed by atoms with van der Waals surface area (Å²) in [5, 5.41) is 14.5. The van der Waals surface area contributed by atoms with E-state index in [1.54, 1.807) is 35.2 Å². The molecule has 4 rings (SSSR count). The molecule has 128 valence electrons. The van der Waals surface area contributed by atoms with Crippen molar-refractivity contribution in [3.63, 3.8) is 0 Å². The molecule has 2 amide bonds. The van der Waals surface area contributed by atoms with Crippen LogP contribution in [0.2, 0.25) is 5.02 Å². The number of ether oxygens (including phenoxy) is 1. The monoisotopic (exact) mass is 359 g/mol. The van der Waals surface area contributed by atoms with Crippen LogP contribution in [0.4, 0.5) is 16.2 Å². The van der Waals surface area contributed by atoms with Gasteiger partial charge in [0, 0.05) is 34.8 Å². The van der Waals surface area contributed by atoms with Crippen molar-refractivity contribution in [3.8, 4) is 5.75 Å². The molecule has 0 saturated carbocycles. The number of nitrogens with one attached hydrogen (secondary N) is 1. The second-order valence-electron chi connectivity index (χ2n) is 6.27. The van der Waals surface area contributed by atoms with Gasteiger partial charge in [-0.2, -0.15) is 0 Å². The number of hydrogen-bond donors (Lipinski definition) is 1. The third-order valence-electron chi connectivity index (χ3n) is 4.55. The number of amides is 2. The topological polar surface area (TPSA) is 84.7 Å². The van der Waals surface area contributed by atoms with Crippen molar-refractivity contribution in [1.29, 1.82) is 0 Å². The van der Waals surface area contributed by atoms with E-state index in [-0.39, 0.29) is 17.8 Å². The lowest BCUT2D eigenvalue weighted by Crippen LogP contribution is -2.65. The summed E-state index contributed by atoms with van der Waals surface area (Å²) < 4.78 is 6.10. The Balaban J connectivity index is 1.77. The maximum absolute atomic E-state index is 12.7. The zero-order chi connectivity index (χ0) is 17.8. The fraction of sp³-hybridized carbons (Fsp3) is 0.235. The van der Waals surface area contributed by atoms with Gasteiger partial charge in [-0.05, 0) is 37.3 Å². The van der Waals surface area contributed by atoms with Crippen LogP contribution in [0.25, 0.3) is 0 Å². The number of anilines is 1. The Morgan fingerprint density at radius 3 is 2.72 bits per heavy atom. The molecule has 0 unspecified atom stereocenters. The molecule has 2 aromatic rings. The number of rotatable bonds is 2. The molecular weight excluding hydrogens is 346 g/mol. The van der Waals surface area contributed by atoms with Crippen LogP contribution in [0.5, 0.6) is 5.75 Å². The Morgan fingerprint density at radius 1 is 1.32 bits per heavy atom. The summed E-state index contributed by atoms with van der Waals surface area (Å²) in [5.41, 5.74) is 0.355. The van der Waals surface area contributed by atoms with Gasteiger partial charge in [0.2, 0.25) is 0 Å². The van der Waals surface area contributed by atoms with Gasteiger partial charge >= 0.3 is 6.03 Å². The summed E-state index contributed by atoms with van der Waals surface area (Å²) in [5.74, 6) is 0.531. The summed E-state index contributed by atoms with van der Waals surface area (Å²) in [7, 11) is 0. The minimum absolute atomic E-state index is 0.0275. The van der Waals surface area contributed by atoms with Gasteiger partial charge in [0.15, 0.2) is 5.72 Å². The highest BCUT2D eigenvalue weighted by Gasteiger charge is 2.50. The number of non-ortho nitro benzene ring substituents is 1. The molecule has 1 fully saturated rings. The molecule has 2 atom stereocenters. The molecule has 2 aliphatic heterocycles. The second-order valence-corrected chi connectivity index (χ2v) is 6.71. The van der Waals surface area contributed by atoms with Gasteiger partial charge in [-0.3, -0.25) is 15.0 Å². The highest BCUT2D eigenvalue weighted by atomic mass is 35.5. The molecule has 0 aliphatic carbocycles. The smallest absolute Gasteiger partial charge is 0.325 e. The van der Waals surface area contributed by atoms with Gasteiger partial charge in [0.25, 0.3) is 5.69 Å². The van der Waals surface area contributed by atoms with E-state index in [0.717, 1.165) is 0 Å². The first-order valence-electron chi connectivity index (χ1n) is 7.71. The first-order chi connectivity index (χ1) is 11.9. The molecule has 0 radical (unpaired) electrons. The molecular formula is C17H14ClN3O4. The van der Waals surface area contributed by atoms with Crippen molar-refractivity contribution in [2.24, 2.45) is 0 Å². The Bertz CT molecular complexity index is 886. The number of nitro groups is 1. The molecule has 8 heteroatoms. The van der Waals surface area contributed by atoms with Crippen molar-refractivity contribution in [3.05, 3.63) is 63.2 Å². The summed E-state index contributed by atoms with van der Waals surface area (Å²) in [6.07, 6.45) is 0.468. The largest absolute Gasteiger partial charge is 0.467 e. The average Bonchev–Trinajstić information content (AvgIpc) is 2.55. The van der Waals surface area contributed by atoms with Gasteiger partial charge < -0.3 is 10.1 Å². The van der Waals surface area contributed by atoms with E-state index < -0.39 is 10.6 Å². The van der Waals surface area contributed by atoms with E-state index in [2.05, 4.69) is 5.32 Å². The minimum atomic E-state index is -0.899. The van der Waals surface area contributed by atoms with E-state index >= 15 is 0 Å². The maximum Gasteiger partial charge on any atom is 0.325 e. The van der Waals surface area contributed by atoms with Crippen LogP contribution in [0.15, 0.2) is 42.5 Å². The number of nitrogens with zero attached hydrogens (tertiary/aromatic N) is 2. The SMILES string of the molecule is C[C@@]12C[C@@H](NC(=O)N1c1ccc(Cl)cc1)c1cc([N+](=O)[O-])ccc1O2. The summed E-state index contributed by atoms with van der Waals surface area (Å²) in [6, 6.07) is 10.7. The molecule has 7 nitrogen and oxygen atoms in total. The number of carbonyl (C=O) groups is 1. The Hall–Kier alpha value is -2.80. The van der Waals surface area contributed by atoms with Crippen LogP contribution in [0.3, 0.4) is 0 Å². The molecule has 1 saturated heterocycles. The fourth-order valence-corrected chi connectivity index (χ4v) is 3.58. The van der Waals surface area contributed by atoms with Gasteiger partial charge in [0.05, 0.1) is 11.0 Å². The average molecular weight is 360 g/mol. The number of carbonyl (C=O) groups excluding carboxylic acids is 1. The standard InChI is InChI=1S/C17H14ClN3O4/c1-17-9-14(13-8-12(21(23)24)6-7-15(13)25-17)19-16(22)20(17)11-4-2-10(18)3-5-11/h2-8,14H,9H2,1H3,(H,19,22)/t14-,17-/m1/s1. The molecule has 25 heavy (non-hydrogen) atoms. The quantitative estimate of drug-likeness (QED) is 0.648. The Labute approximate surface area is 148 Å². The molecule has 2 aromatic carbocycles. The number of benzene rings is 2. The fourth-order valence-electron chi connectivity index (χ4n) is 3.46. The van der Waals surface area contributed by atoms with Gasteiger partial charge in [-0.1, -0.05) is 11.6 Å². The van der Waals surface area contributed by atoms with Gasteiger partial charge in [0.1, 0.15) is 5.75 Å². The Kier molecular flexibility index (Phi) is 3.36. The molecule has 2 aliphatic rings. The third-order valence-corrected chi connectivity index (χ3v) is 4.80. The lowest BCUT2D eigenvalue weighted by Gasteiger charge is -2.50. The maximum atomic E-state index is 12.7. The number of halogens is 1. The van der Waals surface area contributed by atoms with Crippen molar-refractivity contribution >= 4 is 29.0 Å². The van der Waals surface area contributed by atoms with Crippen LogP contribution < -0.4 is 15.0 Å². The van der Waals surface area contributed by atoms with E-state index in [1.165, 1.54) is 12.1 Å². The number of urea groups is 1. The molecule has 2 bridgehead atoms. The lowest BCUT2D eigenvalue weighted by atomic mass is 9.90. The number of fused-ring (bicyclic) bond motifs is 4. The van der Waals surface area contributed by atoms with Crippen molar-refractivity contribution in [2.75, 3.05) is 4.90 Å². The van der Waals surface area contributed by atoms with Crippen LogP contribution in [-0.2, 0) is 0 Å². The van der Waals surface area contributed by atoms with Crippen molar-refractivity contribution in [2.45, 2.75) is 25.1 Å². The van der Waals surface area contributed by atoms with Gasteiger partial charge in [-0.25, -0.2) is 4.79 Å². The Morgan fingerprint density at radius 2 is 2.04 bits per heavy atom. The summed E-state index contributed by atoms with van der Waals surface area (Å²) >= 11 is 5.93. The molecule has 0 spiro atoms. The third kappa shape index (κ3) is 2.47. The second kappa shape index (κ2) is 5.35. The number of nitro benzene ring substituents is 1. The summed E-state index contributed by atoms with van der Waals surface area (Å²) in [4.78, 5) is 24.8. The van der Waals surface area contributed by atoms with Gasteiger partial charge in [-0.15, -0.1) is 0 Å². The normalized spacial score (nSPS) is 24.2. The molecule has 2 heterocycles. The highest BCUT2D eigenvalue weighted by molar-refractivity contribution is 6.30. The zero-order valence-electron chi connectivity index (χ0n) is 13.2. The lowest BCUT2D eigenvalue weighted by molar-refractivity contribution is -0.385. The summed E-state index contributed by atoms with van der Waals surface area (Å²) in [6.45, 7) is 1.83. The first-order valence-corrected chi connectivity index (χ1v) is 8.09. The molecule has 1 N–H and O–H groups in total. The van der Waals surface area contributed by atoms with E-state index in [0.29, 0.717) is 28.4 Å². The van der Waals surface area contributed by atoms with Crippen molar-refractivity contribution < 1.29 is 14.5 Å². The van der Waals surface area contributed by atoms with Crippen LogP contribution in [-0.4, -0.2) is 16.7 Å². The first kappa shape index (κ1) is 15.7. The zero-order valence-corrected chi connectivity index (χ0v) is 14.0. The van der Waals surface area contributed by atoms with Crippen LogP contribution in [0, 0.1) is 10.1 Å². The molecule has 0 aromatic heterocycles. The number of hydrogen-bond acceptors (Lipinski definition) is 4. The van der Waals surface area contributed by atoms with Crippen LogP contribution in [0.1, 0.15) is 24.9 Å². The predicted molar refractivity (Wildman–Crippen MR) is 92.0 cm³/mol. The minimum Gasteiger partial charge on any atom is -0.467 e. The van der Waals surface area contributed by atoms with E-state index in [9.17, 15) is 14.9 Å². The highest BCUT2D eigenvalue weighted by Crippen LogP contribution is 2.46. The van der Waals surface area contributed by atoms with E-state index in [1.807, 2.05) is 6.92 Å². The predicted octanol–water partition coefficient (Wildman–Crippen LogP) is 4.02.